The third-order valence-corrected chi connectivity index (χ3v) is 3.34. The first-order valence-corrected chi connectivity index (χ1v) is 7.42. The van der Waals surface area contributed by atoms with Gasteiger partial charge in [0.15, 0.2) is 0 Å². The highest BCUT2D eigenvalue weighted by molar-refractivity contribution is 5.64. The highest BCUT2D eigenvalue weighted by Gasteiger charge is 2.10. The molecule has 0 aliphatic carbocycles. The molecule has 0 bridgehead atoms. The van der Waals surface area contributed by atoms with Crippen molar-refractivity contribution in [1.82, 2.24) is 9.97 Å². The zero-order valence-electron chi connectivity index (χ0n) is 13.3. The molecule has 1 heterocycles. The normalized spacial score (nSPS) is 10.5. The predicted octanol–water partition coefficient (Wildman–Crippen LogP) is 4.86. The lowest BCUT2D eigenvalue weighted by Gasteiger charge is -2.11. The summed E-state index contributed by atoms with van der Waals surface area (Å²) in [5.74, 6) is -0.0418. The van der Waals surface area contributed by atoms with Crippen molar-refractivity contribution in [3.05, 3.63) is 71.6 Å². The van der Waals surface area contributed by atoms with E-state index in [2.05, 4.69) is 20.6 Å². The van der Waals surface area contributed by atoms with Crippen molar-refractivity contribution in [1.29, 1.82) is 0 Å². The van der Waals surface area contributed by atoms with Gasteiger partial charge in [-0.25, -0.2) is 18.7 Å². The fourth-order valence-electron chi connectivity index (χ4n) is 2.31. The van der Waals surface area contributed by atoms with E-state index in [0.717, 1.165) is 11.3 Å². The molecule has 0 spiro atoms. The van der Waals surface area contributed by atoms with Gasteiger partial charge in [-0.15, -0.1) is 0 Å². The number of nitrogens with zero attached hydrogens (tertiary/aromatic N) is 2. The summed E-state index contributed by atoms with van der Waals surface area (Å²) >= 11 is 0. The number of benzene rings is 2. The molecule has 0 saturated carbocycles. The molecule has 2 N–H and O–H groups in total. The molecule has 0 amide bonds. The van der Waals surface area contributed by atoms with Crippen LogP contribution in [-0.4, -0.2) is 9.97 Å². The maximum absolute atomic E-state index is 13.8. The van der Waals surface area contributed by atoms with Crippen molar-refractivity contribution in [3.63, 3.8) is 0 Å². The number of aromatic nitrogens is 2. The monoisotopic (exact) mass is 326 g/mol. The minimum absolute atomic E-state index is 0.239. The highest BCUT2D eigenvalue weighted by atomic mass is 19.1. The van der Waals surface area contributed by atoms with Crippen LogP contribution in [0.2, 0.25) is 0 Å². The van der Waals surface area contributed by atoms with Crippen LogP contribution in [0.4, 0.5) is 31.8 Å². The Morgan fingerprint density at radius 3 is 2.08 bits per heavy atom. The van der Waals surface area contributed by atoms with Gasteiger partial charge in [0.25, 0.3) is 0 Å². The Hall–Kier alpha value is -3.02. The van der Waals surface area contributed by atoms with E-state index in [0.29, 0.717) is 17.5 Å². The van der Waals surface area contributed by atoms with Crippen LogP contribution < -0.4 is 10.6 Å². The van der Waals surface area contributed by atoms with Crippen molar-refractivity contribution in [3.8, 4) is 0 Å². The molecule has 0 fully saturated rings. The van der Waals surface area contributed by atoms with Crippen molar-refractivity contribution in [2.45, 2.75) is 13.8 Å². The number of rotatable bonds is 4. The number of hydrogen-bond donors (Lipinski definition) is 2. The summed E-state index contributed by atoms with van der Waals surface area (Å²) < 4.78 is 27.5. The molecule has 6 heteroatoms. The Morgan fingerprint density at radius 2 is 1.42 bits per heavy atom. The second-order valence-electron chi connectivity index (χ2n) is 5.40. The number of nitrogens with one attached hydrogen (secondary N) is 2. The highest BCUT2D eigenvalue weighted by Crippen LogP contribution is 2.24. The van der Waals surface area contributed by atoms with Gasteiger partial charge in [-0.2, -0.15) is 0 Å². The van der Waals surface area contributed by atoms with E-state index in [9.17, 15) is 8.78 Å². The van der Waals surface area contributed by atoms with Gasteiger partial charge in [0.05, 0.1) is 0 Å². The summed E-state index contributed by atoms with van der Waals surface area (Å²) in [5.41, 5.74) is 1.74. The summed E-state index contributed by atoms with van der Waals surface area (Å²) in [5, 5.41) is 5.84. The molecule has 24 heavy (non-hydrogen) atoms. The fourth-order valence-corrected chi connectivity index (χ4v) is 2.31. The Balaban J connectivity index is 1.89. The van der Waals surface area contributed by atoms with Crippen LogP contribution in [0.3, 0.4) is 0 Å². The van der Waals surface area contributed by atoms with Crippen molar-refractivity contribution in [2.24, 2.45) is 0 Å². The molecule has 4 nitrogen and oxygen atoms in total. The molecule has 0 aliphatic heterocycles. The van der Waals surface area contributed by atoms with Gasteiger partial charge < -0.3 is 10.6 Å². The number of aryl methyl sites for hydroxylation is 2. The average molecular weight is 326 g/mol. The molecular weight excluding hydrogens is 310 g/mol. The van der Waals surface area contributed by atoms with Crippen LogP contribution >= 0.6 is 0 Å². The first-order chi connectivity index (χ1) is 11.5. The molecule has 0 unspecified atom stereocenters. The van der Waals surface area contributed by atoms with Gasteiger partial charge >= 0.3 is 0 Å². The van der Waals surface area contributed by atoms with Crippen molar-refractivity contribution < 1.29 is 8.78 Å². The van der Waals surface area contributed by atoms with Gasteiger partial charge in [-0.1, -0.05) is 18.2 Å². The first kappa shape index (κ1) is 15.9. The van der Waals surface area contributed by atoms with E-state index in [4.69, 9.17) is 0 Å². The van der Waals surface area contributed by atoms with Crippen LogP contribution in [0.15, 0.2) is 48.5 Å². The Bertz CT molecular complexity index is 860. The topological polar surface area (TPSA) is 49.8 Å². The molecule has 122 valence electrons. The summed E-state index contributed by atoms with van der Waals surface area (Å²) in [6.45, 7) is 3.70. The lowest BCUT2D eigenvalue weighted by Crippen LogP contribution is -2.03. The first-order valence-electron chi connectivity index (χ1n) is 7.42. The molecular formula is C18H16F2N4. The number of para-hydroxylation sites is 1. The van der Waals surface area contributed by atoms with Gasteiger partial charge in [-0.3, -0.25) is 0 Å². The van der Waals surface area contributed by atoms with Gasteiger partial charge in [-0.05, 0) is 43.7 Å². The van der Waals surface area contributed by atoms with Crippen LogP contribution in [0.5, 0.6) is 0 Å². The average Bonchev–Trinajstić information content (AvgIpc) is 2.50. The number of halogens is 2. The summed E-state index contributed by atoms with van der Waals surface area (Å²) in [6, 6.07) is 13.1. The molecule has 3 rings (SSSR count). The minimum atomic E-state index is -0.681. The van der Waals surface area contributed by atoms with Crippen LogP contribution in [0.1, 0.15) is 11.4 Å². The number of anilines is 4. The third kappa shape index (κ3) is 3.65. The molecule has 0 aliphatic rings. The van der Waals surface area contributed by atoms with E-state index in [1.165, 1.54) is 18.2 Å². The quantitative estimate of drug-likeness (QED) is 0.719. The van der Waals surface area contributed by atoms with Crippen molar-refractivity contribution in [2.75, 3.05) is 10.6 Å². The standard InChI is InChI=1S/C18H16F2N4/c1-11-5-3-6-13(9-11)23-16-10-17(22-12(2)21-16)24-18-14(19)7-4-8-15(18)20/h3-10H,1-2H3,(H2,21,22,23,24). The zero-order chi connectivity index (χ0) is 17.1. The molecule has 3 aromatic rings. The van der Waals surface area contributed by atoms with Gasteiger partial charge in [0.1, 0.15) is 34.8 Å². The SMILES string of the molecule is Cc1cccc(Nc2cc(Nc3c(F)cccc3F)nc(C)n2)c1. The van der Waals surface area contributed by atoms with E-state index < -0.39 is 11.6 Å². The van der Waals surface area contributed by atoms with E-state index >= 15 is 0 Å². The third-order valence-electron chi connectivity index (χ3n) is 3.34. The van der Waals surface area contributed by atoms with Crippen LogP contribution in [-0.2, 0) is 0 Å². The smallest absolute Gasteiger partial charge is 0.149 e. The van der Waals surface area contributed by atoms with E-state index in [-0.39, 0.29) is 5.69 Å². The molecule has 2 aromatic carbocycles. The molecule has 0 saturated heterocycles. The Morgan fingerprint density at radius 1 is 0.792 bits per heavy atom. The Labute approximate surface area is 138 Å². The van der Waals surface area contributed by atoms with Gasteiger partial charge in [0.2, 0.25) is 0 Å². The lowest BCUT2D eigenvalue weighted by atomic mass is 10.2. The fraction of sp³-hybridized carbons (Fsp3) is 0.111. The maximum atomic E-state index is 13.8. The maximum Gasteiger partial charge on any atom is 0.149 e. The molecule has 1 aromatic heterocycles. The summed E-state index contributed by atoms with van der Waals surface area (Å²) in [7, 11) is 0. The van der Waals surface area contributed by atoms with Crippen LogP contribution in [0.25, 0.3) is 0 Å². The van der Waals surface area contributed by atoms with Gasteiger partial charge in [0, 0.05) is 11.8 Å². The van der Waals surface area contributed by atoms with E-state index in [1.54, 1.807) is 13.0 Å². The molecule has 0 radical (unpaired) electrons. The Kier molecular flexibility index (Phi) is 4.37. The largest absolute Gasteiger partial charge is 0.340 e. The second-order valence-corrected chi connectivity index (χ2v) is 5.40. The number of hydrogen-bond acceptors (Lipinski definition) is 4. The minimum Gasteiger partial charge on any atom is -0.340 e. The van der Waals surface area contributed by atoms with Crippen LogP contribution in [0, 0.1) is 25.5 Å². The van der Waals surface area contributed by atoms with E-state index in [1.807, 2.05) is 31.2 Å². The molecule has 0 atom stereocenters. The lowest BCUT2D eigenvalue weighted by molar-refractivity contribution is 0.590. The van der Waals surface area contributed by atoms with Crippen molar-refractivity contribution >= 4 is 23.0 Å². The zero-order valence-corrected chi connectivity index (χ0v) is 13.3. The predicted molar refractivity (Wildman–Crippen MR) is 90.9 cm³/mol. The summed E-state index contributed by atoms with van der Waals surface area (Å²) in [4.78, 5) is 8.47. The summed E-state index contributed by atoms with van der Waals surface area (Å²) in [6.07, 6.45) is 0. The second kappa shape index (κ2) is 6.62.